The van der Waals surface area contributed by atoms with Crippen LogP contribution in [0.5, 0.6) is 0 Å². The Labute approximate surface area is 121 Å². The first-order chi connectivity index (χ1) is 8.81. The van der Waals surface area contributed by atoms with E-state index in [-0.39, 0.29) is 17.9 Å². The number of amides is 1. The zero-order chi connectivity index (χ0) is 14.1. The molecule has 1 fully saturated rings. The summed E-state index contributed by atoms with van der Waals surface area (Å²) in [7, 11) is 0. The lowest BCUT2D eigenvalue weighted by Crippen LogP contribution is -2.48. The van der Waals surface area contributed by atoms with E-state index in [1.807, 2.05) is 0 Å². The first kappa shape index (κ1) is 14.6. The Kier molecular flexibility index (Phi) is 4.06. The molecule has 1 aliphatic carbocycles. The number of carbonyl (C=O) groups excluding carboxylic acids is 1. The normalized spacial score (nSPS) is 26.1. The molecule has 0 aliphatic heterocycles. The summed E-state index contributed by atoms with van der Waals surface area (Å²) >= 11 is 3.17. The van der Waals surface area contributed by atoms with Crippen LogP contribution in [-0.4, -0.2) is 23.2 Å². The molecular weight excluding hydrogens is 310 g/mol. The molecule has 1 aliphatic rings. The first-order valence-corrected chi connectivity index (χ1v) is 7.34. The molecule has 1 heterocycles. The highest BCUT2D eigenvalue weighted by Crippen LogP contribution is 2.40. The van der Waals surface area contributed by atoms with Crippen LogP contribution in [0.3, 0.4) is 0 Å². The largest absolute Gasteiger partial charge is 0.457 e. The van der Waals surface area contributed by atoms with Crippen molar-refractivity contribution < 1.29 is 14.3 Å². The maximum atomic E-state index is 12.0. The van der Waals surface area contributed by atoms with Gasteiger partial charge in [-0.05, 0) is 53.1 Å². The zero-order valence-corrected chi connectivity index (χ0v) is 12.9. The summed E-state index contributed by atoms with van der Waals surface area (Å²) in [5.41, 5.74) is -0.208. The molecule has 5 heteroatoms. The summed E-state index contributed by atoms with van der Waals surface area (Å²) < 4.78 is 5.45. The van der Waals surface area contributed by atoms with E-state index in [1.165, 1.54) is 6.26 Å². The van der Waals surface area contributed by atoms with Gasteiger partial charge in [0.05, 0.1) is 17.4 Å². The van der Waals surface area contributed by atoms with Gasteiger partial charge in [0.15, 0.2) is 4.67 Å². The third-order valence-corrected chi connectivity index (χ3v) is 4.36. The zero-order valence-electron chi connectivity index (χ0n) is 11.3. The average Bonchev–Trinajstić information content (AvgIpc) is 2.71. The minimum atomic E-state index is -0.798. The fourth-order valence-electron chi connectivity index (χ4n) is 2.91. The topological polar surface area (TPSA) is 62.5 Å². The Bertz CT molecular complexity index is 469. The van der Waals surface area contributed by atoms with E-state index in [4.69, 9.17) is 4.42 Å². The van der Waals surface area contributed by atoms with E-state index in [2.05, 4.69) is 35.1 Å². The van der Waals surface area contributed by atoms with Crippen molar-refractivity contribution in [3.05, 3.63) is 22.6 Å². The molecule has 1 aromatic heterocycles. The maximum Gasteiger partial charge on any atom is 0.255 e. The average molecular weight is 330 g/mol. The Morgan fingerprint density at radius 2 is 2.26 bits per heavy atom. The van der Waals surface area contributed by atoms with Crippen molar-refractivity contribution in [3.63, 3.8) is 0 Å². The minimum Gasteiger partial charge on any atom is -0.457 e. The van der Waals surface area contributed by atoms with Gasteiger partial charge in [-0.25, -0.2) is 0 Å². The number of carbonyl (C=O) groups is 1. The van der Waals surface area contributed by atoms with Gasteiger partial charge in [0, 0.05) is 6.54 Å². The molecule has 0 bridgehead atoms. The number of nitrogens with one attached hydrogen (secondary N) is 1. The lowest BCUT2D eigenvalue weighted by atomic mass is 9.70. The van der Waals surface area contributed by atoms with Gasteiger partial charge in [0.1, 0.15) is 0 Å². The number of hydrogen-bond acceptors (Lipinski definition) is 3. The first-order valence-electron chi connectivity index (χ1n) is 6.55. The van der Waals surface area contributed by atoms with Gasteiger partial charge >= 0.3 is 0 Å². The third-order valence-electron chi connectivity index (χ3n) is 3.74. The summed E-state index contributed by atoms with van der Waals surface area (Å²) in [6, 6.07) is 1.61. The standard InChI is InChI=1S/C14H20BrNO3/c1-13(2)5-3-6-14(18,8-13)9-16-12(17)10-4-7-19-11(10)15/h4,7,18H,3,5-6,8-9H2,1-2H3,(H,16,17). The summed E-state index contributed by atoms with van der Waals surface area (Å²) in [4.78, 5) is 12.0. The van der Waals surface area contributed by atoms with Crippen molar-refractivity contribution in [1.29, 1.82) is 0 Å². The van der Waals surface area contributed by atoms with Crippen LogP contribution < -0.4 is 5.32 Å². The third kappa shape index (κ3) is 3.60. The summed E-state index contributed by atoms with van der Waals surface area (Å²) in [5, 5.41) is 13.4. The number of furan rings is 1. The van der Waals surface area contributed by atoms with Crippen molar-refractivity contribution in [1.82, 2.24) is 5.32 Å². The van der Waals surface area contributed by atoms with Crippen LogP contribution in [0.2, 0.25) is 0 Å². The second kappa shape index (κ2) is 5.29. The SMILES string of the molecule is CC1(C)CCCC(O)(CNC(=O)c2ccoc2Br)C1. The van der Waals surface area contributed by atoms with Crippen LogP contribution in [0.25, 0.3) is 0 Å². The second-order valence-electron chi connectivity index (χ2n) is 6.21. The molecule has 1 atom stereocenters. The van der Waals surface area contributed by atoms with Crippen LogP contribution in [0.4, 0.5) is 0 Å². The molecule has 2 N–H and O–H groups in total. The summed E-state index contributed by atoms with van der Waals surface area (Å²) in [5.74, 6) is -0.225. The molecule has 19 heavy (non-hydrogen) atoms. The van der Waals surface area contributed by atoms with Crippen LogP contribution in [0, 0.1) is 5.41 Å². The van der Waals surface area contributed by atoms with E-state index < -0.39 is 5.60 Å². The molecule has 2 rings (SSSR count). The molecular formula is C14H20BrNO3. The van der Waals surface area contributed by atoms with Gasteiger partial charge in [-0.1, -0.05) is 13.8 Å². The molecule has 0 spiro atoms. The van der Waals surface area contributed by atoms with Crippen LogP contribution >= 0.6 is 15.9 Å². The van der Waals surface area contributed by atoms with Gasteiger partial charge in [-0.3, -0.25) is 4.79 Å². The van der Waals surface area contributed by atoms with E-state index in [1.54, 1.807) is 6.07 Å². The predicted octanol–water partition coefficient (Wildman–Crippen LogP) is 3.10. The van der Waals surface area contributed by atoms with Crippen LogP contribution in [0.1, 0.15) is 49.9 Å². The highest BCUT2D eigenvalue weighted by Gasteiger charge is 2.38. The van der Waals surface area contributed by atoms with Gasteiger partial charge in [0.2, 0.25) is 0 Å². The fourth-order valence-corrected chi connectivity index (χ4v) is 3.33. The van der Waals surface area contributed by atoms with E-state index in [9.17, 15) is 9.90 Å². The molecule has 1 unspecified atom stereocenters. The molecule has 0 saturated heterocycles. The quantitative estimate of drug-likeness (QED) is 0.895. The van der Waals surface area contributed by atoms with Crippen molar-refractivity contribution in [2.45, 2.75) is 45.1 Å². The Balaban J connectivity index is 1.95. The van der Waals surface area contributed by atoms with Crippen molar-refractivity contribution in [2.75, 3.05) is 6.54 Å². The minimum absolute atomic E-state index is 0.133. The monoisotopic (exact) mass is 329 g/mol. The molecule has 106 valence electrons. The van der Waals surface area contributed by atoms with Gasteiger partial charge < -0.3 is 14.8 Å². The van der Waals surface area contributed by atoms with E-state index >= 15 is 0 Å². The molecule has 1 amide bonds. The van der Waals surface area contributed by atoms with Gasteiger partial charge in [-0.15, -0.1) is 0 Å². The van der Waals surface area contributed by atoms with Crippen molar-refractivity contribution in [2.24, 2.45) is 5.41 Å². The number of rotatable bonds is 3. The number of hydrogen-bond donors (Lipinski definition) is 2. The molecule has 0 radical (unpaired) electrons. The fraction of sp³-hybridized carbons (Fsp3) is 0.643. The van der Waals surface area contributed by atoms with E-state index in [0.717, 1.165) is 19.3 Å². The lowest BCUT2D eigenvalue weighted by Gasteiger charge is -2.41. The molecule has 4 nitrogen and oxygen atoms in total. The highest BCUT2D eigenvalue weighted by atomic mass is 79.9. The summed E-state index contributed by atoms with van der Waals surface area (Å²) in [6.07, 6.45) is 5.03. The Hall–Kier alpha value is -0.810. The molecule has 0 aromatic carbocycles. The van der Waals surface area contributed by atoms with Crippen molar-refractivity contribution in [3.8, 4) is 0 Å². The van der Waals surface area contributed by atoms with Gasteiger partial charge in [-0.2, -0.15) is 0 Å². The Morgan fingerprint density at radius 3 is 2.84 bits per heavy atom. The highest BCUT2D eigenvalue weighted by molar-refractivity contribution is 9.10. The smallest absolute Gasteiger partial charge is 0.255 e. The number of aliphatic hydroxyl groups is 1. The second-order valence-corrected chi connectivity index (χ2v) is 6.93. The van der Waals surface area contributed by atoms with Crippen LogP contribution in [-0.2, 0) is 0 Å². The molecule has 1 aromatic rings. The Morgan fingerprint density at radius 1 is 1.53 bits per heavy atom. The number of halogens is 1. The van der Waals surface area contributed by atoms with Gasteiger partial charge in [0.25, 0.3) is 5.91 Å². The van der Waals surface area contributed by atoms with E-state index in [0.29, 0.717) is 16.7 Å². The lowest BCUT2D eigenvalue weighted by molar-refractivity contribution is -0.0361. The molecule has 1 saturated carbocycles. The maximum absolute atomic E-state index is 12.0. The van der Waals surface area contributed by atoms with Crippen LogP contribution in [0.15, 0.2) is 21.4 Å². The van der Waals surface area contributed by atoms with Crippen molar-refractivity contribution >= 4 is 21.8 Å². The predicted molar refractivity (Wildman–Crippen MR) is 75.9 cm³/mol. The summed E-state index contributed by atoms with van der Waals surface area (Å²) in [6.45, 7) is 4.60.